The fourth-order valence-electron chi connectivity index (χ4n) is 0.576. The van der Waals surface area contributed by atoms with Crippen molar-refractivity contribution in [1.82, 2.24) is 10.6 Å². The van der Waals surface area contributed by atoms with Crippen molar-refractivity contribution in [2.45, 2.75) is 0 Å². The minimum Gasteiger partial charge on any atom is -0.382 e. The molecule has 0 aliphatic carbocycles. The van der Waals surface area contributed by atoms with Gasteiger partial charge in [-0.1, -0.05) is 24.4 Å². The molecule has 8 heteroatoms. The molecule has 15 heavy (non-hydrogen) atoms. The van der Waals surface area contributed by atoms with Gasteiger partial charge in [0.2, 0.25) is 0 Å². The van der Waals surface area contributed by atoms with Crippen molar-refractivity contribution in [1.29, 1.82) is 0 Å². The molecule has 0 aromatic rings. The van der Waals surface area contributed by atoms with Crippen molar-refractivity contribution in [3.05, 3.63) is 0 Å². The van der Waals surface area contributed by atoms with E-state index in [9.17, 15) is 0 Å². The highest BCUT2D eigenvalue weighted by molar-refractivity contribution is 8.19. The number of nitrogens with one attached hydrogen (secondary N) is 2. The van der Waals surface area contributed by atoms with E-state index in [2.05, 4.69) is 23.3 Å². The Balaban J connectivity index is 3.22. The third-order valence-corrected chi connectivity index (χ3v) is 2.41. The van der Waals surface area contributed by atoms with Gasteiger partial charge in [-0.15, -0.1) is 12.6 Å². The van der Waals surface area contributed by atoms with Crippen LogP contribution in [0.15, 0.2) is 0 Å². The van der Waals surface area contributed by atoms with Gasteiger partial charge in [0.25, 0.3) is 0 Å². The molecule has 4 nitrogen and oxygen atoms in total. The van der Waals surface area contributed by atoms with E-state index in [1.165, 1.54) is 0 Å². The van der Waals surface area contributed by atoms with Gasteiger partial charge in [0.05, 0.1) is 25.3 Å². The summed E-state index contributed by atoms with van der Waals surface area (Å²) in [6.07, 6.45) is 0. The summed E-state index contributed by atoms with van der Waals surface area (Å²) in [4.78, 5) is 0. The SMILES string of the molecule is COCCOSC(=S)NCCNC(=S)S. The molecule has 0 radical (unpaired) electrons. The number of thiocarbonyl (C=S) groups is 2. The second-order valence-electron chi connectivity index (χ2n) is 2.34. The van der Waals surface area contributed by atoms with E-state index >= 15 is 0 Å². The monoisotopic (exact) mass is 286 g/mol. The van der Waals surface area contributed by atoms with Gasteiger partial charge < -0.3 is 19.6 Å². The number of ether oxygens (including phenoxy) is 1. The lowest BCUT2D eigenvalue weighted by Crippen LogP contribution is -2.30. The summed E-state index contributed by atoms with van der Waals surface area (Å²) in [5.41, 5.74) is 0. The molecule has 88 valence electrons. The quantitative estimate of drug-likeness (QED) is 0.279. The highest BCUT2D eigenvalue weighted by Gasteiger charge is 1.97. The second-order valence-corrected chi connectivity index (χ2v) is 4.98. The topological polar surface area (TPSA) is 42.5 Å². The van der Waals surface area contributed by atoms with Crippen LogP contribution in [0.25, 0.3) is 0 Å². The summed E-state index contributed by atoms with van der Waals surface area (Å²) in [5.74, 6) is 0. The predicted molar refractivity (Wildman–Crippen MR) is 75.6 cm³/mol. The molecule has 0 saturated carbocycles. The smallest absolute Gasteiger partial charge is 0.161 e. The van der Waals surface area contributed by atoms with E-state index in [-0.39, 0.29) is 0 Å². The molecule has 2 N–H and O–H groups in total. The van der Waals surface area contributed by atoms with Crippen molar-refractivity contribution in [3.63, 3.8) is 0 Å². The molecule has 0 fully saturated rings. The number of methoxy groups -OCH3 is 1. The third kappa shape index (κ3) is 12.3. The average molecular weight is 286 g/mol. The number of thiol groups is 1. The van der Waals surface area contributed by atoms with E-state index in [4.69, 9.17) is 33.4 Å². The normalized spacial score (nSPS) is 9.73. The molecule has 0 heterocycles. The van der Waals surface area contributed by atoms with Crippen molar-refractivity contribution < 1.29 is 8.92 Å². The molecule has 0 aromatic carbocycles. The molecule has 0 atom stereocenters. The maximum absolute atomic E-state index is 5.14. The fourth-order valence-corrected chi connectivity index (χ4v) is 1.46. The summed E-state index contributed by atoms with van der Waals surface area (Å²) in [6.45, 7) is 2.44. The van der Waals surface area contributed by atoms with Gasteiger partial charge in [-0.25, -0.2) is 0 Å². The minimum atomic E-state index is 0.478. The first-order valence-electron chi connectivity index (χ1n) is 4.20. The molecule has 0 spiro atoms. The molecule has 0 aliphatic rings. The standard InChI is InChI=1S/C7H14N2O2S4/c1-10-4-5-11-15-7(14)9-3-2-8-6(12)13/h2-5H2,1H3,(H,9,14)(H2,8,12,13). The molecular formula is C7H14N2O2S4. The van der Waals surface area contributed by atoms with E-state index in [0.29, 0.717) is 34.9 Å². The molecule has 0 unspecified atom stereocenters. The summed E-state index contributed by atoms with van der Waals surface area (Å²) in [5, 5.41) is 5.87. The van der Waals surface area contributed by atoms with E-state index in [1.54, 1.807) is 7.11 Å². The molecule has 0 saturated heterocycles. The predicted octanol–water partition coefficient (Wildman–Crippen LogP) is 0.976. The van der Waals surface area contributed by atoms with E-state index < -0.39 is 0 Å². The molecule has 0 bridgehead atoms. The maximum Gasteiger partial charge on any atom is 0.161 e. The zero-order chi connectivity index (χ0) is 11.5. The largest absolute Gasteiger partial charge is 0.382 e. The summed E-state index contributed by atoms with van der Waals surface area (Å²) >= 11 is 14.8. The Labute approximate surface area is 110 Å². The Morgan fingerprint density at radius 1 is 1.27 bits per heavy atom. The van der Waals surface area contributed by atoms with Crippen molar-refractivity contribution in [3.8, 4) is 0 Å². The van der Waals surface area contributed by atoms with Crippen molar-refractivity contribution in [2.75, 3.05) is 33.4 Å². The van der Waals surface area contributed by atoms with Gasteiger partial charge >= 0.3 is 0 Å². The van der Waals surface area contributed by atoms with Gasteiger partial charge in [0.1, 0.15) is 4.32 Å². The maximum atomic E-state index is 5.14. The first kappa shape index (κ1) is 15.4. The second kappa shape index (κ2) is 10.9. The zero-order valence-corrected chi connectivity index (χ0v) is 11.7. The van der Waals surface area contributed by atoms with Crippen LogP contribution in [0.1, 0.15) is 0 Å². The first-order valence-corrected chi connectivity index (χ1v) is 6.20. The lowest BCUT2D eigenvalue weighted by Gasteiger charge is -2.07. The first-order chi connectivity index (χ1) is 7.16. The van der Waals surface area contributed by atoms with Crippen LogP contribution in [-0.4, -0.2) is 42.1 Å². The Kier molecular flexibility index (Phi) is 11.2. The van der Waals surface area contributed by atoms with Crippen LogP contribution in [-0.2, 0) is 8.92 Å². The van der Waals surface area contributed by atoms with Gasteiger partial charge in [0.15, 0.2) is 4.32 Å². The number of hydrogen-bond donors (Lipinski definition) is 3. The van der Waals surface area contributed by atoms with Crippen LogP contribution in [0, 0.1) is 0 Å². The van der Waals surface area contributed by atoms with Gasteiger partial charge in [-0.05, 0) is 0 Å². The van der Waals surface area contributed by atoms with Crippen LogP contribution < -0.4 is 10.6 Å². The average Bonchev–Trinajstić information content (AvgIpc) is 2.19. The zero-order valence-electron chi connectivity index (χ0n) is 8.32. The van der Waals surface area contributed by atoms with Gasteiger partial charge in [-0.2, -0.15) is 0 Å². The fraction of sp³-hybridized carbons (Fsp3) is 0.714. The number of hydrogen-bond acceptors (Lipinski definition) is 5. The summed E-state index contributed by atoms with van der Waals surface area (Å²) < 4.78 is 11.0. The minimum absolute atomic E-state index is 0.478. The van der Waals surface area contributed by atoms with Gasteiger partial charge in [-0.3, -0.25) is 0 Å². The lowest BCUT2D eigenvalue weighted by molar-refractivity contribution is 0.158. The molecule has 0 aromatic heterocycles. The Morgan fingerprint density at radius 3 is 2.53 bits per heavy atom. The molecule has 0 amide bonds. The third-order valence-electron chi connectivity index (χ3n) is 1.18. The van der Waals surface area contributed by atoms with Crippen LogP contribution in [0.3, 0.4) is 0 Å². The molecule has 0 aliphatic heterocycles. The van der Waals surface area contributed by atoms with Crippen molar-refractivity contribution >= 4 is 57.7 Å². The van der Waals surface area contributed by atoms with Crippen LogP contribution in [0.2, 0.25) is 0 Å². The van der Waals surface area contributed by atoms with E-state index in [0.717, 1.165) is 12.0 Å². The van der Waals surface area contributed by atoms with Gasteiger partial charge in [0, 0.05) is 20.2 Å². The molecule has 0 rings (SSSR count). The van der Waals surface area contributed by atoms with Crippen molar-refractivity contribution in [2.24, 2.45) is 0 Å². The van der Waals surface area contributed by atoms with Crippen LogP contribution >= 0.6 is 49.1 Å². The highest BCUT2D eigenvalue weighted by Crippen LogP contribution is 2.02. The van der Waals surface area contributed by atoms with Crippen LogP contribution in [0.4, 0.5) is 0 Å². The summed E-state index contributed by atoms with van der Waals surface area (Å²) in [6, 6.07) is 0. The molecular weight excluding hydrogens is 272 g/mol. The number of rotatable bonds is 7. The van der Waals surface area contributed by atoms with E-state index in [1.807, 2.05) is 0 Å². The lowest BCUT2D eigenvalue weighted by atomic mass is 10.6. The Bertz CT molecular complexity index is 203. The Hall–Kier alpha value is 0.400. The van der Waals surface area contributed by atoms with Crippen LogP contribution in [0.5, 0.6) is 0 Å². The summed E-state index contributed by atoms with van der Waals surface area (Å²) in [7, 11) is 1.62. The highest BCUT2D eigenvalue weighted by atomic mass is 32.2. The Morgan fingerprint density at radius 2 is 1.93 bits per heavy atom.